The number of carbonyl (C=O) groups excluding carboxylic acids is 1. The van der Waals surface area contributed by atoms with Gasteiger partial charge in [-0.15, -0.1) is 0 Å². The number of fused-ring (bicyclic) bond motifs is 1. The van der Waals surface area contributed by atoms with Crippen LogP contribution in [-0.2, 0) is 15.9 Å². The first-order valence-electron chi connectivity index (χ1n) is 9.41. The fourth-order valence-corrected chi connectivity index (χ4v) is 4.64. The Morgan fingerprint density at radius 3 is 2.39 bits per heavy atom. The number of benzene rings is 2. The summed E-state index contributed by atoms with van der Waals surface area (Å²) >= 11 is 5.92. The Balaban J connectivity index is 1.81. The topological polar surface area (TPSA) is 35.5 Å². The van der Waals surface area contributed by atoms with Gasteiger partial charge in [-0.1, -0.05) is 66.8 Å². The highest BCUT2D eigenvalue weighted by Crippen LogP contribution is 2.41. The molecule has 0 saturated carbocycles. The molecule has 142 valence electrons. The second-order valence-corrected chi connectivity index (χ2v) is 7.49. The summed E-state index contributed by atoms with van der Waals surface area (Å²) in [6, 6.07) is 17.9. The summed E-state index contributed by atoms with van der Waals surface area (Å²) in [5, 5.41) is 0. The van der Waals surface area contributed by atoms with E-state index >= 15 is 0 Å². The van der Waals surface area contributed by atoms with Crippen LogP contribution in [0.1, 0.15) is 33.8 Å². The fourth-order valence-electron chi connectivity index (χ4n) is 4.20. The SMILES string of the molecule is COC1=CC(c2ccccc2)C(=S)C(C2CCc3ccccc3C2=O)=C1OC. The Kier molecular flexibility index (Phi) is 5.14. The van der Waals surface area contributed by atoms with E-state index in [0.29, 0.717) is 11.5 Å². The third-order valence-electron chi connectivity index (χ3n) is 5.57. The summed E-state index contributed by atoms with van der Waals surface area (Å²) in [6.45, 7) is 0. The van der Waals surface area contributed by atoms with Crippen molar-refractivity contribution < 1.29 is 14.3 Å². The fraction of sp³-hybridized carbons (Fsp3) is 0.250. The van der Waals surface area contributed by atoms with E-state index in [2.05, 4.69) is 0 Å². The molecule has 3 nitrogen and oxygen atoms in total. The van der Waals surface area contributed by atoms with E-state index in [9.17, 15) is 4.79 Å². The molecule has 0 aromatic heterocycles. The van der Waals surface area contributed by atoms with Crippen LogP contribution in [0.2, 0.25) is 0 Å². The average Bonchev–Trinajstić information content (AvgIpc) is 2.75. The van der Waals surface area contributed by atoms with E-state index in [0.717, 1.165) is 40.0 Å². The molecule has 2 aromatic rings. The normalized spacial score (nSPS) is 21.9. The van der Waals surface area contributed by atoms with Crippen LogP contribution in [0, 0.1) is 5.92 Å². The molecule has 0 bridgehead atoms. The molecule has 2 aliphatic carbocycles. The van der Waals surface area contributed by atoms with Gasteiger partial charge in [0.05, 0.1) is 20.1 Å². The highest BCUT2D eigenvalue weighted by atomic mass is 32.1. The van der Waals surface area contributed by atoms with Gasteiger partial charge in [0.2, 0.25) is 0 Å². The number of thiocarbonyl (C=S) groups is 1. The minimum absolute atomic E-state index is 0.109. The van der Waals surface area contributed by atoms with Gasteiger partial charge in [-0.25, -0.2) is 0 Å². The number of hydrogen-bond acceptors (Lipinski definition) is 4. The Hall–Kier alpha value is -2.72. The third-order valence-corrected chi connectivity index (χ3v) is 6.04. The van der Waals surface area contributed by atoms with Gasteiger partial charge in [-0.2, -0.15) is 0 Å². The highest BCUT2D eigenvalue weighted by Gasteiger charge is 2.39. The molecule has 0 amide bonds. The Labute approximate surface area is 170 Å². The van der Waals surface area contributed by atoms with Gasteiger partial charge >= 0.3 is 0 Å². The minimum atomic E-state index is -0.317. The van der Waals surface area contributed by atoms with Crippen molar-refractivity contribution in [1.29, 1.82) is 0 Å². The van der Waals surface area contributed by atoms with Crippen LogP contribution < -0.4 is 0 Å². The molecule has 2 aromatic carbocycles. The quantitative estimate of drug-likeness (QED) is 0.686. The first-order chi connectivity index (χ1) is 13.7. The lowest BCUT2D eigenvalue weighted by atomic mass is 9.73. The molecule has 0 N–H and O–H groups in total. The molecule has 4 rings (SSSR count). The van der Waals surface area contributed by atoms with E-state index in [4.69, 9.17) is 21.7 Å². The second kappa shape index (κ2) is 7.72. The van der Waals surface area contributed by atoms with Crippen molar-refractivity contribution in [1.82, 2.24) is 0 Å². The number of aryl methyl sites for hydroxylation is 1. The summed E-state index contributed by atoms with van der Waals surface area (Å²) in [4.78, 5) is 14.1. The molecule has 0 saturated heterocycles. The molecule has 0 fully saturated rings. The van der Waals surface area contributed by atoms with Gasteiger partial charge < -0.3 is 9.47 Å². The molecule has 0 radical (unpaired) electrons. The van der Waals surface area contributed by atoms with Gasteiger partial charge in [0.15, 0.2) is 17.3 Å². The van der Waals surface area contributed by atoms with Crippen molar-refractivity contribution in [3.8, 4) is 0 Å². The Bertz CT molecular complexity index is 988. The van der Waals surface area contributed by atoms with Crippen molar-refractivity contribution in [2.75, 3.05) is 14.2 Å². The van der Waals surface area contributed by atoms with E-state index in [-0.39, 0.29) is 17.6 Å². The van der Waals surface area contributed by atoms with Crippen molar-refractivity contribution in [2.24, 2.45) is 5.92 Å². The van der Waals surface area contributed by atoms with Gasteiger partial charge in [0.1, 0.15) is 0 Å². The maximum atomic E-state index is 13.4. The molecule has 0 aliphatic heterocycles. The van der Waals surface area contributed by atoms with Crippen LogP contribution in [0.5, 0.6) is 0 Å². The predicted octanol–water partition coefficient (Wildman–Crippen LogP) is 5.03. The van der Waals surface area contributed by atoms with Gasteiger partial charge in [-0.05, 0) is 30.0 Å². The zero-order chi connectivity index (χ0) is 19.7. The van der Waals surface area contributed by atoms with Crippen molar-refractivity contribution in [3.05, 3.63) is 94.5 Å². The van der Waals surface area contributed by atoms with Crippen LogP contribution in [-0.4, -0.2) is 24.9 Å². The first kappa shape index (κ1) is 18.6. The number of carbonyl (C=O) groups is 1. The van der Waals surface area contributed by atoms with Gasteiger partial charge in [0, 0.05) is 21.9 Å². The van der Waals surface area contributed by atoms with Crippen molar-refractivity contribution >= 4 is 22.9 Å². The van der Waals surface area contributed by atoms with Crippen molar-refractivity contribution in [3.63, 3.8) is 0 Å². The van der Waals surface area contributed by atoms with Crippen LogP contribution in [0.3, 0.4) is 0 Å². The lowest BCUT2D eigenvalue weighted by Gasteiger charge is -2.32. The van der Waals surface area contributed by atoms with E-state index in [1.54, 1.807) is 14.2 Å². The van der Waals surface area contributed by atoms with E-state index in [1.165, 1.54) is 0 Å². The molecule has 2 atom stereocenters. The molecule has 0 heterocycles. The lowest BCUT2D eigenvalue weighted by molar-refractivity contribution is 0.0922. The molecule has 28 heavy (non-hydrogen) atoms. The summed E-state index contributed by atoms with van der Waals surface area (Å²) in [5.41, 5.74) is 3.77. The monoisotopic (exact) mass is 390 g/mol. The number of hydrogen-bond donors (Lipinski definition) is 0. The standard InChI is InChI=1S/C24H22O3S/c1-26-20-14-19(15-8-4-3-5-9-15)24(28)21(23(20)27-2)18-13-12-16-10-6-7-11-17(16)22(18)25/h3-11,14,18-19H,12-13H2,1-2H3. The largest absolute Gasteiger partial charge is 0.493 e. The van der Waals surface area contributed by atoms with Crippen LogP contribution in [0.4, 0.5) is 0 Å². The maximum absolute atomic E-state index is 13.4. The van der Waals surface area contributed by atoms with Crippen molar-refractivity contribution in [2.45, 2.75) is 18.8 Å². The van der Waals surface area contributed by atoms with Gasteiger partial charge in [0.25, 0.3) is 0 Å². The number of methoxy groups -OCH3 is 2. The van der Waals surface area contributed by atoms with Crippen LogP contribution >= 0.6 is 12.2 Å². The molecule has 2 aliphatic rings. The third kappa shape index (κ3) is 3.08. The average molecular weight is 391 g/mol. The summed E-state index contributed by atoms with van der Waals surface area (Å²) < 4.78 is 11.3. The zero-order valence-electron chi connectivity index (χ0n) is 16.0. The summed E-state index contributed by atoms with van der Waals surface area (Å²) in [6.07, 6.45) is 3.55. The number of Topliss-reactive ketones (excluding diaryl/α,β-unsaturated/α-hetero) is 1. The maximum Gasteiger partial charge on any atom is 0.170 e. The lowest BCUT2D eigenvalue weighted by Crippen LogP contribution is -2.32. The number of ketones is 1. The first-order valence-corrected chi connectivity index (χ1v) is 9.82. The van der Waals surface area contributed by atoms with Crippen LogP contribution in [0.25, 0.3) is 0 Å². The molecular formula is C24H22O3S. The predicted molar refractivity (Wildman–Crippen MR) is 113 cm³/mol. The Morgan fingerprint density at radius 1 is 0.964 bits per heavy atom. The number of rotatable bonds is 4. The molecule has 2 unspecified atom stereocenters. The zero-order valence-corrected chi connectivity index (χ0v) is 16.8. The Morgan fingerprint density at radius 2 is 1.68 bits per heavy atom. The summed E-state index contributed by atoms with van der Waals surface area (Å²) in [7, 11) is 3.23. The molecule has 4 heteroatoms. The molecular weight excluding hydrogens is 368 g/mol. The minimum Gasteiger partial charge on any atom is -0.493 e. The number of ether oxygens (including phenoxy) is 2. The number of allylic oxidation sites excluding steroid dienone is 2. The molecule has 0 spiro atoms. The second-order valence-electron chi connectivity index (χ2n) is 7.05. The smallest absolute Gasteiger partial charge is 0.170 e. The summed E-state index contributed by atoms with van der Waals surface area (Å²) in [5.74, 6) is 0.884. The van der Waals surface area contributed by atoms with Gasteiger partial charge in [-0.3, -0.25) is 4.79 Å². The van der Waals surface area contributed by atoms with E-state index < -0.39 is 0 Å². The van der Waals surface area contributed by atoms with Crippen LogP contribution in [0.15, 0.2) is 77.8 Å². The van der Waals surface area contributed by atoms with E-state index in [1.807, 2.05) is 60.7 Å². The highest BCUT2D eigenvalue weighted by molar-refractivity contribution is 7.81.